The highest BCUT2D eigenvalue weighted by atomic mass is 16.5. The molecule has 0 heterocycles. The molecule has 0 aliphatic carbocycles. The second kappa shape index (κ2) is 12.9. The molecule has 33 heavy (non-hydrogen) atoms. The molecule has 6 heteroatoms. The molecule has 0 aliphatic heterocycles. The largest absolute Gasteiger partial charge is 0.484 e. The molecule has 0 saturated carbocycles. The van der Waals surface area contributed by atoms with Crippen molar-refractivity contribution in [3.63, 3.8) is 0 Å². The van der Waals surface area contributed by atoms with Gasteiger partial charge in [-0.2, -0.15) is 0 Å². The second-order valence-corrected chi connectivity index (χ2v) is 7.69. The van der Waals surface area contributed by atoms with E-state index in [1.165, 1.54) is 11.1 Å². The number of hydrogen-bond acceptors (Lipinski definition) is 3. The van der Waals surface area contributed by atoms with Crippen molar-refractivity contribution in [2.45, 2.75) is 25.8 Å². The Bertz CT molecular complexity index is 983. The van der Waals surface area contributed by atoms with Crippen LogP contribution in [0.15, 0.2) is 89.9 Å². The number of benzene rings is 3. The van der Waals surface area contributed by atoms with Crippen LogP contribution in [0.3, 0.4) is 0 Å². The zero-order valence-corrected chi connectivity index (χ0v) is 19.0. The molecule has 0 atom stereocenters. The zero-order chi connectivity index (χ0) is 23.3. The number of guanidine groups is 1. The first kappa shape index (κ1) is 23.9. The number of rotatable bonds is 11. The summed E-state index contributed by atoms with van der Waals surface area (Å²) >= 11 is 0. The molecule has 172 valence electrons. The van der Waals surface area contributed by atoms with Gasteiger partial charge in [0.1, 0.15) is 5.75 Å². The molecule has 4 N–H and O–H groups in total. The van der Waals surface area contributed by atoms with Gasteiger partial charge in [-0.1, -0.05) is 72.8 Å². The SMILES string of the molecule is CCNC(=NCc1cccc(OCC(N)=O)c1)NCCC(c1ccccc1)c1ccccc1. The maximum atomic E-state index is 10.9. The van der Waals surface area contributed by atoms with Crippen LogP contribution in [0.2, 0.25) is 0 Å². The summed E-state index contributed by atoms with van der Waals surface area (Å²) in [6, 6.07) is 28.7. The summed E-state index contributed by atoms with van der Waals surface area (Å²) in [6.45, 7) is 3.95. The predicted octanol–water partition coefficient (Wildman–Crippen LogP) is 3.83. The Morgan fingerprint density at radius 1 is 0.939 bits per heavy atom. The van der Waals surface area contributed by atoms with Crippen LogP contribution in [-0.4, -0.2) is 31.6 Å². The smallest absolute Gasteiger partial charge is 0.255 e. The Kier molecular flexibility index (Phi) is 9.33. The molecule has 0 spiro atoms. The number of hydrogen-bond donors (Lipinski definition) is 3. The van der Waals surface area contributed by atoms with Crippen molar-refractivity contribution in [3.05, 3.63) is 102 Å². The van der Waals surface area contributed by atoms with E-state index in [4.69, 9.17) is 15.5 Å². The summed E-state index contributed by atoms with van der Waals surface area (Å²) in [7, 11) is 0. The van der Waals surface area contributed by atoms with E-state index in [0.29, 0.717) is 18.2 Å². The summed E-state index contributed by atoms with van der Waals surface area (Å²) in [5.41, 5.74) is 8.75. The Morgan fingerprint density at radius 3 is 2.21 bits per heavy atom. The third-order valence-corrected chi connectivity index (χ3v) is 5.17. The Balaban J connectivity index is 1.62. The minimum atomic E-state index is -0.499. The van der Waals surface area contributed by atoms with Gasteiger partial charge in [-0.25, -0.2) is 4.99 Å². The number of nitrogens with zero attached hydrogens (tertiary/aromatic N) is 1. The number of aliphatic imine (C=N–C) groups is 1. The van der Waals surface area contributed by atoms with Crippen LogP contribution < -0.4 is 21.1 Å². The van der Waals surface area contributed by atoms with Gasteiger partial charge < -0.3 is 21.1 Å². The number of carbonyl (C=O) groups is 1. The second-order valence-electron chi connectivity index (χ2n) is 7.69. The number of primary amides is 1. The van der Waals surface area contributed by atoms with Gasteiger partial charge in [0.2, 0.25) is 0 Å². The molecule has 0 bridgehead atoms. The first-order valence-corrected chi connectivity index (χ1v) is 11.3. The summed E-state index contributed by atoms with van der Waals surface area (Å²) in [4.78, 5) is 15.6. The topological polar surface area (TPSA) is 88.7 Å². The highest BCUT2D eigenvalue weighted by Crippen LogP contribution is 2.27. The molecule has 0 aliphatic rings. The van der Waals surface area contributed by atoms with E-state index in [1.54, 1.807) is 6.07 Å². The molecule has 1 amide bonds. The van der Waals surface area contributed by atoms with E-state index in [1.807, 2.05) is 37.3 Å². The summed E-state index contributed by atoms with van der Waals surface area (Å²) in [6.07, 6.45) is 0.939. The van der Waals surface area contributed by atoms with Gasteiger partial charge in [0.25, 0.3) is 5.91 Å². The molecule has 0 saturated heterocycles. The van der Waals surface area contributed by atoms with E-state index >= 15 is 0 Å². The van der Waals surface area contributed by atoms with Crippen molar-refractivity contribution < 1.29 is 9.53 Å². The zero-order valence-electron chi connectivity index (χ0n) is 19.0. The first-order valence-electron chi connectivity index (χ1n) is 11.3. The molecular formula is C27H32N4O2. The summed E-state index contributed by atoms with van der Waals surface area (Å²) < 4.78 is 5.38. The van der Waals surface area contributed by atoms with Crippen LogP contribution >= 0.6 is 0 Å². The van der Waals surface area contributed by atoms with Crippen LogP contribution in [0.5, 0.6) is 5.75 Å². The van der Waals surface area contributed by atoms with Crippen molar-refractivity contribution in [2.24, 2.45) is 10.7 Å². The van der Waals surface area contributed by atoms with Gasteiger partial charge in [0, 0.05) is 19.0 Å². The number of amides is 1. The lowest BCUT2D eigenvalue weighted by atomic mass is 9.88. The van der Waals surface area contributed by atoms with Crippen molar-refractivity contribution in [2.75, 3.05) is 19.7 Å². The first-order chi connectivity index (χ1) is 16.2. The fourth-order valence-electron chi connectivity index (χ4n) is 3.63. The van der Waals surface area contributed by atoms with Crippen LogP contribution in [-0.2, 0) is 11.3 Å². The fourth-order valence-corrected chi connectivity index (χ4v) is 3.63. The van der Waals surface area contributed by atoms with Gasteiger partial charge in [-0.15, -0.1) is 0 Å². The van der Waals surface area contributed by atoms with E-state index < -0.39 is 5.91 Å². The van der Waals surface area contributed by atoms with Gasteiger partial charge in [-0.05, 0) is 42.2 Å². The molecule has 0 aromatic heterocycles. The molecule has 0 radical (unpaired) electrons. The third-order valence-electron chi connectivity index (χ3n) is 5.17. The van der Waals surface area contributed by atoms with Gasteiger partial charge in [-0.3, -0.25) is 4.79 Å². The van der Waals surface area contributed by atoms with Crippen LogP contribution in [0.25, 0.3) is 0 Å². The van der Waals surface area contributed by atoms with E-state index in [0.717, 1.165) is 31.0 Å². The summed E-state index contributed by atoms with van der Waals surface area (Å²) in [5, 5.41) is 6.77. The van der Waals surface area contributed by atoms with Gasteiger partial charge >= 0.3 is 0 Å². The van der Waals surface area contributed by atoms with Gasteiger partial charge in [0.05, 0.1) is 6.54 Å². The number of nitrogens with one attached hydrogen (secondary N) is 2. The average Bonchev–Trinajstić information content (AvgIpc) is 2.85. The van der Waals surface area contributed by atoms with Gasteiger partial charge in [0.15, 0.2) is 12.6 Å². The maximum Gasteiger partial charge on any atom is 0.255 e. The Hall–Kier alpha value is -3.80. The van der Waals surface area contributed by atoms with Crippen molar-refractivity contribution in [1.82, 2.24) is 10.6 Å². The fraction of sp³-hybridized carbons (Fsp3) is 0.259. The van der Waals surface area contributed by atoms with Crippen molar-refractivity contribution in [1.29, 1.82) is 0 Å². The number of carbonyl (C=O) groups excluding carboxylic acids is 1. The maximum absolute atomic E-state index is 10.9. The lowest BCUT2D eigenvalue weighted by molar-refractivity contribution is -0.119. The standard InChI is InChI=1S/C27H32N4O2/c1-2-29-27(31-19-21-10-9-15-24(18-21)33-20-26(28)32)30-17-16-25(22-11-5-3-6-12-22)23-13-7-4-8-14-23/h3-15,18,25H,2,16-17,19-20H2,1H3,(H2,28,32)(H2,29,30,31). The van der Waals surface area contributed by atoms with E-state index in [2.05, 4.69) is 59.2 Å². The average molecular weight is 445 g/mol. The molecule has 0 unspecified atom stereocenters. The summed E-state index contributed by atoms with van der Waals surface area (Å²) in [5.74, 6) is 1.18. The van der Waals surface area contributed by atoms with Crippen molar-refractivity contribution in [3.8, 4) is 5.75 Å². The van der Waals surface area contributed by atoms with E-state index in [-0.39, 0.29) is 6.61 Å². The molecule has 0 fully saturated rings. The molecule has 3 rings (SSSR count). The van der Waals surface area contributed by atoms with Crippen LogP contribution in [0.1, 0.15) is 36.0 Å². The Morgan fingerprint density at radius 2 is 1.61 bits per heavy atom. The highest BCUT2D eigenvalue weighted by Gasteiger charge is 2.13. The number of ether oxygens (including phenoxy) is 1. The minimum absolute atomic E-state index is 0.138. The monoisotopic (exact) mass is 444 g/mol. The normalized spacial score (nSPS) is 11.3. The van der Waals surface area contributed by atoms with Crippen LogP contribution in [0.4, 0.5) is 0 Å². The Labute approximate surface area is 195 Å². The molecule has 3 aromatic carbocycles. The molecular weight excluding hydrogens is 412 g/mol. The minimum Gasteiger partial charge on any atom is -0.484 e. The number of nitrogens with two attached hydrogens (primary N) is 1. The highest BCUT2D eigenvalue weighted by molar-refractivity contribution is 5.79. The quantitative estimate of drug-likeness (QED) is 0.310. The van der Waals surface area contributed by atoms with Crippen molar-refractivity contribution >= 4 is 11.9 Å². The molecule has 3 aromatic rings. The third kappa shape index (κ3) is 8.00. The predicted molar refractivity (Wildman–Crippen MR) is 133 cm³/mol. The molecule has 6 nitrogen and oxygen atoms in total. The van der Waals surface area contributed by atoms with E-state index in [9.17, 15) is 4.79 Å². The lowest BCUT2D eigenvalue weighted by Gasteiger charge is -2.19. The lowest BCUT2D eigenvalue weighted by Crippen LogP contribution is -2.38. The van der Waals surface area contributed by atoms with Crippen LogP contribution in [0, 0.1) is 0 Å².